The Bertz CT molecular complexity index is 1060. The van der Waals surface area contributed by atoms with E-state index in [9.17, 15) is 19.2 Å². The molecule has 2 aromatic rings. The fourth-order valence-corrected chi connectivity index (χ4v) is 4.56. The molecule has 32 heavy (non-hydrogen) atoms. The van der Waals surface area contributed by atoms with E-state index in [1.807, 2.05) is 6.07 Å². The monoisotopic (exact) mass is 458 g/mol. The predicted molar refractivity (Wildman–Crippen MR) is 120 cm³/mol. The molecule has 5 N–H and O–H groups in total. The number of H-pyrrole nitrogens is 1. The minimum atomic E-state index is -0.944. The van der Waals surface area contributed by atoms with Gasteiger partial charge in [-0.25, -0.2) is 0 Å². The number of primary amides is 1. The number of amides is 3. The van der Waals surface area contributed by atoms with Gasteiger partial charge < -0.3 is 21.4 Å². The molecule has 0 spiro atoms. The Morgan fingerprint density at radius 3 is 2.59 bits per heavy atom. The van der Waals surface area contributed by atoms with Crippen molar-refractivity contribution in [1.29, 1.82) is 0 Å². The van der Waals surface area contributed by atoms with Crippen LogP contribution in [0.25, 0.3) is 10.9 Å². The van der Waals surface area contributed by atoms with Crippen LogP contribution >= 0.6 is 11.6 Å². The first-order chi connectivity index (χ1) is 15.3. The Balaban J connectivity index is 1.45. The molecule has 0 bridgehead atoms. The third kappa shape index (κ3) is 5.12. The maximum absolute atomic E-state index is 13.1. The standard InChI is InChI=1S/C23H27ClN4O4/c24-16-2-1-3-17-15(16)11-18(27-17)20(29)10-14(8-12-4-5-12)23(32)28-19(21(25)30)9-13-6-7-26-22(13)31/h1-3,11-14,19,27H,4-10H2,(H2,25,30)(H,26,31)(H,28,32)/t13-,14+,19-/m0/s1. The number of nitrogens with one attached hydrogen (secondary N) is 3. The molecule has 0 unspecified atom stereocenters. The van der Waals surface area contributed by atoms with Gasteiger partial charge in [-0.2, -0.15) is 0 Å². The average molecular weight is 459 g/mol. The zero-order valence-electron chi connectivity index (χ0n) is 17.7. The van der Waals surface area contributed by atoms with Crippen LogP contribution in [0, 0.1) is 17.8 Å². The molecule has 1 aromatic carbocycles. The van der Waals surface area contributed by atoms with Gasteiger partial charge in [0.15, 0.2) is 5.78 Å². The summed E-state index contributed by atoms with van der Waals surface area (Å²) < 4.78 is 0. The van der Waals surface area contributed by atoms with Crippen LogP contribution in [0.5, 0.6) is 0 Å². The summed E-state index contributed by atoms with van der Waals surface area (Å²) in [5.41, 5.74) is 6.66. The van der Waals surface area contributed by atoms with E-state index < -0.39 is 17.9 Å². The Morgan fingerprint density at radius 1 is 1.19 bits per heavy atom. The van der Waals surface area contributed by atoms with Gasteiger partial charge in [-0.1, -0.05) is 30.5 Å². The van der Waals surface area contributed by atoms with Crippen molar-refractivity contribution >= 4 is 46.0 Å². The molecule has 1 aromatic heterocycles. The van der Waals surface area contributed by atoms with Crippen molar-refractivity contribution in [3.63, 3.8) is 0 Å². The van der Waals surface area contributed by atoms with Crippen LogP contribution in [0.3, 0.4) is 0 Å². The molecule has 1 saturated carbocycles. The first kappa shape index (κ1) is 22.3. The van der Waals surface area contributed by atoms with E-state index in [1.165, 1.54) is 0 Å². The highest BCUT2D eigenvalue weighted by Gasteiger charge is 2.35. The molecule has 9 heteroatoms. The summed E-state index contributed by atoms with van der Waals surface area (Å²) in [6.45, 7) is 0.552. The number of aromatic amines is 1. The summed E-state index contributed by atoms with van der Waals surface area (Å²) >= 11 is 6.21. The molecule has 2 aliphatic rings. The molecule has 8 nitrogen and oxygen atoms in total. The first-order valence-electron chi connectivity index (χ1n) is 11.0. The highest BCUT2D eigenvalue weighted by atomic mass is 35.5. The number of aromatic nitrogens is 1. The fourth-order valence-electron chi connectivity index (χ4n) is 4.33. The van der Waals surface area contributed by atoms with Crippen LogP contribution in [0.4, 0.5) is 0 Å². The third-order valence-electron chi connectivity index (χ3n) is 6.37. The SMILES string of the molecule is NC(=O)[C@H](C[C@@H]1CCNC1=O)NC(=O)[C@@H](CC(=O)c1cc2c(Cl)cccc2[nH]1)CC1CC1. The quantitative estimate of drug-likeness (QED) is 0.406. The van der Waals surface area contributed by atoms with Crippen LogP contribution in [0.15, 0.2) is 24.3 Å². The van der Waals surface area contributed by atoms with Gasteiger partial charge >= 0.3 is 0 Å². The maximum Gasteiger partial charge on any atom is 0.240 e. The molecule has 3 atom stereocenters. The number of benzene rings is 1. The van der Waals surface area contributed by atoms with Crippen molar-refractivity contribution in [1.82, 2.24) is 15.6 Å². The molecule has 1 aliphatic heterocycles. The summed E-state index contributed by atoms with van der Waals surface area (Å²) in [6, 6.07) is 6.15. The Hall–Kier alpha value is -2.87. The summed E-state index contributed by atoms with van der Waals surface area (Å²) in [4.78, 5) is 53.0. The minimum Gasteiger partial charge on any atom is -0.368 e. The van der Waals surface area contributed by atoms with E-state index in [0.717, 1.165) is 23.7 Å². The zero-order chi connectivity index (χ0) is 22.8. The number of carbonyl (C=O) groups excluding carboxylic acids is 4. The normalized spacial score (nSPS) is 20.0. The van der Waals surface area contributed by atoms with Gasteiger partial charge in [-0.15, -0.1) is 0 Å². The van der Waals surface area contributed by atoms with Gasteiger partial charge in [0.25, 0.3) is 0 Å². The lowest BCUT2D eigenvalue weighted by Crippen LogP contribution is -2.48. The number of ketones is 1. The number of halogens is 1. The maximum atomic E-state index is 13.1. The highest BCUT2D eigenvalue weighted by Crippen LogP contribution is 2.37. The summed E-state index contributed by atoms with van der Waals surface area (Å²) in [5, 5.41) is 6.74. The van der Waals surface area contributed by atoms with Crippen molar-refractivity contribution in [2.45, 2.75) is 44.6 Å². The van der Waals surface area contributed by atoms with Gasteiger partial charge in [0.05, 0.1) is 5.69 Å². The summed E-state index contributed by atoms with van der Waals surface area (Å²) in [7, 11) is 0. The van der Waals surface area contributed by atoms with Crippen molar-refractivity contribution < 1.29 is 19.2 Å². The first-order valence-corrected chi connectivity index (χ1v) is 11.4. The molecule has 2 fully saturated rings. The minimum absolute atomic E-state index is 0.0160. The van der Waals surface area contributed by atoms with Gasteiger partial charge in [-0.3, -0.25) is 19.2 Å². The molecule has 2 heterocycles. The van der Waals surface area contributed by atoms with Crippen LogP contribution in [0.2, 0.25) is 5.02 Å². The molecular weight excluding hydrogens is 432 g/mol. The van der Waals surface area contributed by atoms with E-state index in [-0.39, 0.29) is 36.4 Å². The van der Waals surface area contributed by atoms with E-state index in [4.69, 9.17) is 17.3 Å². The lowest BCUT2D eigenvalue weighted by Gasteiger charge is -2.22. The number of hydrogen-bond donors (Lipinski definition) is 4. The average Bonchev–Trinajstić information content (AvgIpc) is 3.30. The van der Waals surface area contributed by atoms with E-state index in [2.05, 4.69) is 15.6 Å². The largest absolute Gasteiger partial charge is 0.368 e. The molecule has 3 amide bonds. The van der Waals surface area contributed by atoms with Crippen molar-refractivity contribution in [2.24, 2.45) is 23.5 Å². The van der Waals surface area contributed by atoms with E-state index in [1.54, 1.807) is 18.2 Å². The molecular formula is C23H27ClN4O4. The molecule has 1 saturated heterocycles. The van der Waals surface area contributed by atoms with E-state index in [0.29, 0.717) is 36.0 Å². The van der Waals surface area contributed by atoms with Crippen molar-refractivity contribution in [3.05, 3.63) is 35.0 Å². The smallest absolute Gasteiger partial charge is 0.240 e. The van der Waals surface area contributed by atoms with Gasteiger partial charge in [0.2, 0.25) is 17.7 Å². The van der Waals surface area contributed by atoms with Crippen LogP contribution in [0.1, 0.15) is 49.0 Å². The number of nitrogens with two attached hydrogens (primary N) is 1. The number of carbonyl (C=O) groups is 4. The highest BCUT2D eigenvalue weighted by molar-refractivity contribution is 6.35. The van der Waals surface area contributed by atoms with Crippen molar-refractivity contribution in [2.75, 3.05) is 6.54 Å². The number of fused-ring (bicyclic) bond motifs is 1. The van der Waals surface area contributed by atoms with Gasteiger partial charge in [0, 0.05) is 40.7 Å². The second-order valence-corrected chi connectivity index (χ2v) is 9.27. The fraction of sp³-hybridized carbons (Fsp3) is 0.478. The number of hydrogen-bond acceptors (Lipinski definition) is 4. The van der Waals surface area contributed by atoms with Gasteiger partial charge in [-0.05, 0) is 43.4 Å². The summed E-state index contributed by atoms with van der Waals surface area (Å²) in [6.07, 6.45) is 3.42. The summed E-state index contributed by atoms with van der Waals surface area (Å²) in [5.74, 6) is -1.90. The van der Waals surface area contributed by atoms with Gasteiger partial charge in [0.1, 0.15) is 6.04 Å². The third-order valence-corrected chi connectivity index (χ3v) is 6.70. The lowest BCUT2D eigenvalue weighted by atomic mass is 9.92. The number of rotatable bonds is 10. The Kier molecular flexibility index (Phi) is 6.50. The van der Waals surface area contributed by atoms with Crippen LogP contribution < -0.4 is 16.4 Å². The number of Topliss-reactive ketones (excluding diaryl/α,β-unsaturated/α-hetero) is 1. The lowest BCUT2D eigenvalue weighted by molar-refractivity contribution is -0.131. The van der Waals surface area contributed by atoms with E-state index >= 15 is 0 Å². The van der Waals surface area contributed by atoms with Crippen LogP contribution in [-0.2, 0) is 14.4 Å². The van der Waals surface area contributed by atoms with Crippen LogP contribution in [-0.4, -0.2) is 41.1 Å². The topological polar surface area (TPSA) is 134 Å². The predicted octanol–water partition coefficient (Wildman–Crippen LogP) is 2.31. The zero-order valence-corrected chi connectivity index (χ0v) is 18.4. The molecule has 1 aliphatic carbocycles. The molecule has 170 valence electrons. The molecule has 0 radical (unpaired) electrons. The Labute approximate surface area is 190 Å². The Morgan fingerprint density at radius 2 is 1.97 bits per heavy atom. The molecule has 4 rings (SSSR count). The second kappa shape index (κ2) is 9.32. The van der Waals surface area contributed by atoms with Crippen molar-refractivity contribution in [3.8, 4) is 0 Å². The second-order valence-electron chi connectivity index (χ2n) is 8.86.